The number of amides is 1. The molecule has 0 aliphatic carbocycles. The average Bonchev–Trinajstić information content (AvgIpc) is 2.57. The Morgan fingerprint density at radius 3 is 2.48 bits per heavy atom. The molecule has 1 heterocycles. The molecule has 0 saturated carbocycles. The number of hydrogen-bond donors (Lipinski definition) is 1. The van der Waals surface area contributed by atoms with Crippen LogP contribution in [0.1, 0.15) is 37.3 Å². The third-order valence-corrected chi connectivity index (χ3v) is 5.69. The smallest absolute Gasteiger partial charge is 0.228 e. The Morgan fingerprint density at radius 2 is 1.96 bits per heavy atom. The van der Waals surface area contributed by atoms with Gasteiger partial charge in [-0.15, -0.1) is 0 Å². The third kappa shape index (κ3) is 4.24. The lowest BCUT2D eigenvalue weighted by Gasteiger charge is -2.35. The number of carbonyl (C=O) groups excluding carboxylic acids is 1. The number of benzene rings is 1. The molecule has 1 saturated heterocycles. The molecule has 0 aromatic heterocycles. The van der Waals surface area contributed by atoms with Crippen molar-refractivity contribution in [2.45, 2.75) is 38.1 Å². The van der Waals surface area contributed by atoms with E-state index in [4.69, 9.17) is 10.5 Å². The van der Waals surface area contributed by atoms with Crippen molar-refractivity contribution in [1.29, 1.82) is 0 Å². The first-order chi connectivity index (χ1) is 11.8. The normalized spacial score (nSPS) is 18.3. The molecule has 5 nitrogen and oxygen atoms in total. The van der Waals surface area contributed by atoms with Gasteiger partial charge >= 0.3 is 0 Å². The van der Waals surface area contributed by atoms with E-state index >= 15 is 0 Å². The van der Waals surface area contributed by atoms with E-state index in [1.165, 1.54) is 6.26 Å². The Kier molecular flexibility index (Phi) is 6.65. The van der Waals surface area contributed by atoms with Gasteiger partial charge < -0.3 is 10.5 Å². The van der Waals surface area contributed by atoms with Gasteiger partial charge in [0, 0.05) is 43.7 Å². The highest BCUT2D eigenvalue weighted by Crippen LogP contribution is 2.37. The van der Waals surface area contributed by atoms with E-state index in [0.717, 1.165) is 18.6 Å². The summed E-state index contributed by atoms with van der Waals surface area (Å²) in [6, 6.07) is 2.14. The first kappa shape index (κ1) is 19.9. The summed E-state index contributed by atoms with van der Waals surface area (Å²) in [6.45, 7) is 3.00. The monoisotopic (exact) mass is 374 g/mol. The van der Waals surface area contributed by atoms with Crippen LogP contribution in [0.4, 0.5) is 8.78 Å². The summed E-state index contributed by atoms with van der Waals surface area (Å²) in [5.41, 5.74) is 4.35. The molecule has 1 aromatic rings. The summed E-state index contributed by atoms with van der Waals surface area (Å²) in [4.78, 5) is 12.0. The Bertz CT molecular complexity index is 664. The van der Waals surface area contributed by atoms with Crippen LogP contribution in [0, 0.1) is 11.6 Å². The van der Waals surface area contributed by atoms with Crippen molar-refractivity contribution >= 4 is 16.9 Å². The van der Waals surface area contributed by atoms with Crippen molar-refractivity contribution in [3.63, 3.8) is 0 Å². The van der Waals surface area contributed by atoms with Crippen molar-refractivity contribution in [2.75, 3.05) is 26.0 Å². The van der Waals surface area contributed by atoms with Gasteiger partial charge in [0.15, 0.2) is 0 Å². The first-order valence-electron chi connectivity index (χ1n) is 8.26. The molecule has 1 aliphatic rings. The molecule has 1 fully saturated rings. The minimum Gasteiger partial charge on any atom is -0.381 e. The lowest BCUT2D eigenvalue weighted by Crippen LogP contribution is -2.46. The van der Waals surface area contributed by atoms with Gasteiger partial charge in [-0.1, -0.05) is 6.92 Å². The largest absolute Gasteiger partial charge is 0.381 e. The second-order valence-corrected chi connectivity index (χ2v) is 7.63. The van der Waals surface area contributed by atoms with Crippen LogP contribution in [-0.4, -0.2) is 40.4 Å². The first-order valence-corrected chi connectivity index (χ1v) is 9.78. The number of carbonyl (C=O) groups is 1. The summed E-state index contributed by atoms with van der Waals surface area (Å²) in [5.74, 6) is -1.98. The number of nitrogens with two attached hydrogens (primary N) is 1. The second kappa shape index (κ2) is 8.33. The molecule has 1 amide bonds. The van der Waals surface area contributed by atoms with Crippen LogP contribution in [0.3, 0.4) is 0 Å². The van der Waals surface area contributed by atoms with E-state index in [0.29, 0.717) is 6.54 Å². The van der Waals surface area contributed by atoms with Crippen molar-refractivity contribution in [1.82, 2.24) is 4.31 Å². The van der Waals surface area contributed by atoms with E-state index in [2.05, 4.69) is 0 Å². The number of halogens is 2. The quantitative estimate of drug-likeness (QED) is 0.793. The Morgan fingerprint density at radius 1 is 1.32 bits per heavy atom. The fraction of sp³-hybridized carbons (Fsp3) is 0.588. The molecule has 0 spiro atoms. The number of rotatable bonds is 7. The summed E-state index contributed by atoms with van der Waals surface area (Å²) in [5, 5.41) is 0. The molecule has 8 heteroatoms. The fourth-order valence-electron chi connectivity index (χ4n) is 3.18. The number of hydrogen-bond acceptors (Lipinski definition) is 3. The van der Waals surface area contributed by atoms with Gasteiger partial charge in [-0.2, -0.15) is 0 Å². The van der Waals surface area contributed by atoms with E-state index in [9.17, 15) is 17.8 Å². The Hall–Kier alpha value is -1.38. The highest BCUT2D eigenvalue weighted by atomic mass is 32.2. The Labute approximate surface area is 149 Å². The summed E-state index contributed by atoms with van der Waals surface area (Å²) < 4.78 is 47.9. The van der Waals surface area contributed by atoms with Crippen LogP contribution < -0.4 is 5.73 Å². The molecule has 0 bridgehead atoms. The minimum atomic E-state index is -1.29. The van der Waals surface area contributed by atoms with Crippen LogP contribution in [0.2, 0.25) is 0 Å². The minimum absolute atomic E-state index is 0.0239. The van der Waals surface area contributed by atoms with Crippen LogP contribution in [0.5, 0.6) is 0 Å². The zero-order chi connectivity index (χ0) is 18.6. The topological polar surface area (TPSA) is 72.6 Å². The molecule has 0 radical (unpaired) electrons. The van der Waals surface area contributed by atoms with Gasteiger partial charge in [0.05, 0.1) is 16.4 Å². The van der Waals surface area contributed by atoms with E-state index in [1.807, 2.05) is 6.92 Å². The standard InChI is InChI=1S/C17H24F2N2O3S/c1-3-6-21(25(2)23)11-12-9-15(19)13(10-14(12)18)17(16(20)22)4-7-24-8-5-17/h9-10H,3-8,11H2,1-2H3,(H2,20,22). The second-order valence-electron chi connectivity index (χ2n) is 6.27. The predicted octanol–water partition coefficient (Wildman–Crippen LogP) is 2.00. The molecule has 1 aliphatic heterocycles. The lowest BCUT2D eigenvalue weighted by atomic mass is 9.73. The van der Waals surface area contributed by atoms with Gasteiger partial charge in [-0.3, -0.25) is 4.79 Å². The summed E-state index contributed by atoms with van der Waals surface area (Å²) in [6.07, 6.45) is 2.69. The van der Waals surface area contributed by atoms with Crippen molar-refractivity contribution in [3.05, 3.63) is 34.9 Å². The van der Waals surface area contributed by atoms with Crippen molar-refractivity contribution in [3.8, 4) is 0 Å². The van der Waals surface area contributed by atoms with Crippen molar-refractivity contribution < 1.29 is 22.5 Å². The number of nitrogens with zero attached hydrogens (tertiary/aromatic N) is 1. The summed E-state index contributed by atoms with van der Waals surface area (Å²) >= 11 is 0. The van der Waals surface area contributed by atoms with Crippen LogP contribution >= 0.6 is 0 Å². The molecular formula is C17H24F2N2O3S. The maximum absolute atomic E-state index is 14.7. The zero-order valence-corrected chi connectivity index (χ0v) is 15.3. The van der Waals surface area contributed by atoms with Gasteiger partial charge in [0.2, 0.25) is 5.91 Å². The highest BCUT2D eigenvalue weighted by molar-refractivity contribution is 7.81. The van der Waals surface area contributed by atoms with Gasteiger partial charge in [0.25, 0.3) is 0 Å². The van der Waals surface area contributed by atoms with Crippen LogP contribution in [0.15, 0.2) is 12.1 Å². The maximum atomic E-state index is 14.7. The van der Waals surface area contributed by atoms with Gasteiger partial charge in [-0.05, 0) is 31.4 Å². The average molecular weight is 374 g/mol. The third-order valence-electron chi connectivity index (χ3n) is 4.65. The maximum Gasteiger partial charge on any atom is 0.228 e. The van der Waals surface area contributed by atoms with E-state index in [-0.39, 0.29) is 43.7 Å². The molecule has 2 rings (SSSR count). The van der Waals surface area contributed by atoms with E-state index < -0.39 is 33.9 Å². The van der Waals surface area contributed by atoms with Gasteiger partial charge in [-0.25, -0.2) is 17.3 Å². The SMILES string of the molecule is CCCN(Cc1cc(F)c(C2(C(N)=O)CCOCC2)cc1F)S(C)=O. The van der Waals surface area contributed by atoms with Crippen molar-refractivity contribution in [2.24, 2.45) is 5.73 Å². The lowest BCUT2D eigenvalue weighted by molar-refractivity contribution is -0.127. The number of primary amides is 1. The molecular weight excluding hydrogens is 350 g/mol. The van der Waals surface area contributed by atoms with Crippen LogP contribution in [0.25, 0.3) is 0 Å². The fourth-order valence-corrected chi connectivity index (χ4v) is 3.94. The summed E-state index contributed by atoms with van der Waals surface area (Å²) in [7, 11) is -1.29. The predicted molar refractivity (Wildman–Crippen MR) is 92.1 cm³/mol. The number of ether oxygens (including phenoxy) is 1. The molecule has 1 atom stereocenters. The highest BCUT2D eigenvalue weighted by Gasteiger charge is 2.42. The molecule has 140 valence electrons. The molecule has 1 unspecified atom stereocenters. The zero-order valence-electron chi connectivity index (χ0n) is 14.5. The molecule has 2 N–H and O–H groups in total. The molecule has 1 aromatic carbocycles. The van der Waals surface area contributed by atoms with E-state index in [1.54, 1.807) is 4.31 Å². The van der Waals surface area contributed by atoms with Gasteiger partial charge in [0.1, 0.15) is 11.6 Å². The Balaban J connectivity index is 2.39. The van der Waals surface area contributed by atoms with Crippen LogP contribution in [-0.2, 0) is 32.5 Å². The molecule has 25 heavy (non-hydrogen) atoms.